The average molecular weight is 225 g/mol. The lowest BCUT2D eigenvalue weighted by molar-refractivity contribution is 0.0609. The molecule has 2 rings (SSSR count). The van der Waals surface area contributed by atoms with E-state index in [1.807, 2.05) is 0 Å². The van der Waals surface area contributed by atoms with E-state index in [0.29, 0.717) is 25.4 Å². The van der Waals surface area contributed by atoms with Gasteiger partial charge >= 0.3 is 5.92 Å². The average Bonchev–Trinajstić information content (AvgIpc) is 2.53. The normalized spacial score (nSPS) is 15.1. The molecular weight excluding hydrogens is 216 g/mol. The van der Waals surface area contributed by atoms with Crippen molar-refractivity contribution in [2.45, 2.75) is 12.3 Å². The first-order chi connectivity index (χ1) is 7.63. The van der Waals surface area contributed by atoms with E-state index in [4.69, 9.17) is 14.7 Å². The summed E-state index contributed by atoms with van der Waals surface area (Å²) in [5.41, 5.74) is -0.376. The third-order valence-corrected chi connectivity index (χ3v) is 2.25. The van der Waals surface area contributed by atoms with Crippen LogP contribution in [0.5, 0.6) is 11.5 Å². The number of benzene rings is 1. The first-order valence-corrected chi connectivity index (χ1v) is 4.83. The summed E-state index contributed by atoms with van der Waals surface area (Å²) in [5.74, 6) is -2.79. The van der Waals surface area contributed by atoms with E-state index in [1.165, 1.54) is 12.1 Å². The second kappa shape index (κ2) is 3.97. The van der Waals surface area contributed by atoms with Crippen molar-refractivity contribution < 1.29 is 18.3 Å². The predicted octanol–water partition coefficient (Wildman–Crippen LogP) is 2.46. The van der Waals surface area contributed by atoms with Crippen molar-refractivity contribution in [3.05, 3.63) is 23.8 Å². The molecule has 0 radical (unpaired) electrons. The molecule has 0 spiro atoms. The van der Waals surface area contributed by atoms with Crippen LogP contribution < -0.4 is 9.47 Å². The molecule has 1 aliphatic rings. The highest BCUT2D eigenvalue weighted by Gasteiger charge is 2.32. The molecular formula is C11H9F2NO2. The molecule has 0 aromatic heterocycles. The Bertz CT molecular complexity index is 440. The van der Waals surface area contributed by atoms with Gasteiger partial charge in [0.05, 0.1) is 13.2 Å². The van der Waals surface area contributed by atoms with Gasteiger partial charge in [0.1, 0.15) is 6.07 Å². The van der Waals surface area contributed by atoms with Gasteiger partial charge in [-0.2, -0.15) is 14.0 Å². The van der Waals surface area contributed by atoms with Gasteiger partial charge in [-0.15, -0.1) is 0 Å². The number of nitriles is 1. The van der Waals surface area contributed by atoms with Crippen molar-refractivity contribution in [1.29, 1.82) is 5.26 Å². The van der Waals surface area contributed by atoms with Crippen LogP contribution in [0.25, 0.3) is 0 Å². The van der Waals surface area contributed by atoms with E-state index in [-0.39, 0.29) is 11.3 Å². The molecule has 0 N–H and O–H groups in total. The molecule has 1 aliphatic heterocycles. The van der Waals surface area contributed by atoms with Crippen LogP contribution in [0.15, 0.2) is 18.2 Å². The Morgan fingerprint density at radius 1 is 1.19 bits per heavy atom. The van der Waals surface area contributed by atoms with Gasteiger partial charge in [0.2, 0.25) is 0 Å². The summed E-state index contributed by atoms with van der Waals surface area (Å²) in [6.07, 6.45) is 0.707. The van der Waals surface area contributed by atoms with E-state index in [1.54, 1.807) is 0 Å². The third kappa shape index (κ3) is 1.91. The fourth-order valence-electron chi connectivity index (χ4n) is 1.42. The van der Waals surface area contributed by atoms with Gasteiger partial charge in [-0.25, -0.2) is 0 Å². The molecule has 16 heavy (non-hydrogen) atoms. The lowest BCUT2D eigenvalue weighted by Crippen LogP contribution is -2.09. The van der Waals surface area contributed by atoms with Gasteiger partial charge in [-0.1, -0.05) is 0 Å². The van der Waals surface area contributed by atoms with Gasteiger partial charge in [-0.05, 0) is 18.2 Å². The highest BCUT2D eigenvalue weighted by atomic mass is 19.3. The fraction of sp³-hybridized carbons (Fsp3) is 0.364. The second-order valence-electron chi connectivity index (χ2n) is 3.40. The van der Waals surface area contributed by atoms with Gasteiger partial charge in [0.15, 0.2) is 11.5 Å². The number of nitrogens with zero attached hydrogens (tertiary/aromatic N) is 1. The number of alkyl halides is 2. The minimum absolute atomic E-state index is 0.268. The first kappa shape index (κ1) is 10.7. The predicted molar refractivity (Wildman–Crippen MR) is 51.6 cm³/mol. The van der Waals surface area contributed by atoms with Crippen LogP contribution in [0.2, 0.25) is 0 Å². The van der Waals surface area contributed by atoms with Crippen molar-refractivity contribution in [2.24, 2.45) is 0 Å². The summed E-state index contributed by atoms with van der Waals surface area (Å²) in [6.45, 7) is 0.926. The molecule has 1 aromatic rings. The van der Waals surface area contributed by atoms with E-state index in [0.717, 1.165) is 12.1 Å². The zero-order valence-electron chi connectivity index (χ0n) is 8.37. The number of fused-ring (bicyclic) bond motifs is 1. The Morgan fingerprint density at radius 2 is 1.88 bits per heavy atom. The number of hydrogen-bond donors (Lipinski definition) is 0. The van der Waals surface area contributed by atoms with Gasteiger partial charge in [0.25, 0.3) is 0 Å². The van der Waals surface area contributed by atoms with Crippen LogP contribution in [0.3, 0.4) is 0 Å². The maximum absolute atomic E-state index is 13.1. The smallest absolute Gasteiger partial charge is 0.357 e. The van der Waals surface area contributed by atoms with Gasteiger partial charge in [0, 0.05) is 12.0 Å². The van der Waals surface area contributed by atoms with Crippen LogP contribution >= 0.6 is 0 Å². The summed E-state index contributed by atoms with van der Waals surface area (Å²) < 4.78 is 36.8. The largest absolute Gasteiger partial charge is 0.490 e. The SMILES string of the molecule is N#CC(F)(F)c1ccc2c(c1)OCCCO2. The topological polar surface area (TPSA) is 42.2 Å². The number of rotatable bonds is 1. The van der Waals surface area contributed by atoms with Crippen molar-refractivity contribution >= 4 is 0 Å². The number of hydrogen-bond acceptors (Lipinski definition) is 3. The maximum atomic E-state index is 13.1. The van der Waals surface area contributed by atoms with Gasteiger partial charge in [-0.3, -0.25) is 0 Å². The van der Waals surface area contributed by atoms with Crippen LogP contribution in [0.4, 0.5) is 8.78 Å². The van der Waals surface area contributed by atoms with Crippen LogP contribution in [-0.2, 0) is 5.92 Å². The molecule has 3 nitrogen and oxygen atoms in total. The monoisotopic (exact) mass is 225 g/mol. The maximum Gasteiger partial charge on any atom is 0.357 e. The Hall–Kier alpha value is -1.83. The molecule has 84 valence electrons. The molecule has 1 heterocycles. The van der Waals surface area contributed by atoms with Crippen molar-refractivity contribution in [3.8, 4) is 17.6 Å². The Labute approximate surface area is 91.2 Å². The van der Waals surface area contributed by atoms with Crippen molar-refractivity contribution in [3.63, 3.8) is 0 Å². The van der Waals surface area contributed by atoms with Crippen LogP contribution in [0.1, 0.15) is 12.0 Å². The second-order valence-corrected chi connectivity index (χ2v) is 3.40. The summed E-state index contributed by atoms with van der Waals surface area (Å²) in [6, 6.07) is 4.69. The molecule has 0 bridgehead atoms. The van der Waals surface area contributed by atoms with Crippen LogP contribution in [0, 0.1) is 11.3 Å². The molecule has 0 fully saturated rings. The zero-order valence-corrected chi connectivity index (χ0v) is 8.37. The highest BCUT2D eigenvalue weighted by molar-refractivity contribution is 5.45. The summed E-state index contributed by atoms with van der Waals surface area (Å²) in [4.78, 5) is 0. The third-order valence-electron chi connectivity index (χ3n) is 2.25. The standard InChI is InChI=1S/C11H9F2NO2/c12-11(13,7-14)8-2-3-9-10(6-8)16-5-1-4-15-9/h2-3,6H,1,4-5H2. The molecule has 0 unspecified atom stereocenters. The molecule has 5 heteroatoms. The van der Waals surface area contributed by atoms with E-state index >= 15 is 0 Å². The summed E-state index contributed by atoms with van der Waals surface area (Å²) in [7, 11) is 0. The minimum atomic E-state index is -3.50. The fourth-order valence-corrected chi connectivity index (χ4v) is 1.42. The zero-order chi connectivity index (χ0) is 11.6. The quantitative estimate of drug-likeness (QED) is 0.737. The highest BCUT2D eigenvalue weighted by Crippen LogP contribution is 2.36. The minimum Gasteiger partial charge on any atom is -0.490 e. The lowest BCUT2D eigenvalue weighted by Gasteiger charge is -2.11. The Kier molecular flexibility index (Phi) is 2.65. The van der Waals surface area contributed by atoms with Crippen LogP contribution in [-0.4, -0.2) is 13.2 Å². The van der Waals surface area contributed by atoms with E-state index in [9.17, 15) is 8.78 Å². The Balaban J connectivity index is 2.39. The first-order valence-electron chi connectivity index (χ1n) is 4.83. The van der Waals surface area contributed by atoms with E-state index in [2.05, 4.69) is 0 Å². The van der Waals surface area contributed by atoms with Gasteiger partial charge < -0.3 is 9.47 Å². The molecule has 0 atom stereocenters. The molecule has 0 amide bonds. The van der Waals surface area contributed by atoms with Crippen molar-refractivity contribution in [1.82, 2.24) is 0 Å². The lowest BCUT2D eigenvalue weighted by atomic mass is 10.1. The molecule has 0 saturated carbocycles. The summed E-state index contributed by atoms with van der Waals surface area (Å²) >= 11 is 0. The molecule has 0 aliphatic carbocycles. The Morgan fingerprint density at radius 3 is 2.56 bits per heavy atom. The molecule has 0 saturated heterocycles. The summed E-state index contributed by atoms with van der Waals surface area (Å²) in [5, 5.41) is 8.34. The molecule has 1 aromatic carbocycles. The number of halogens is 2. The van der Waals surface area contributed by atoms with E-state index < -0.39 is 5.92 Å². The van der Waals surface area contributed by atoms with Crippen molar-refractivity contribution in [2.75, 3.05) is 13.2 Å². The number of ether oxygens (including phenoxy) is 2.